The van der Waals surface area contributed by atoms with Crippen LogP contribution in [0.25, 0.3) is 90.1 Å². The topological polar surface area (TPSA) is 77.3 Å². The predicted octanol–water partition coefficient (Wildman–Crippen LogP) is 13.7. The fourth-order valence-corrected chi connectivity index (χ4v) is 8.44. The van der Waals surface area contributed by atoms with Gasteiger partial charge in [0.15, 0.2) is 23.3 Å². The first-order valence-corrected chi connectivity index (χ1v) is 21.1. The van der Waals surface area contributed by atoms with Crippen molar-refractivity contribution in [3.63, 3.8) is 0 Å². The summed E-state index contributed by atoms with van der Waals surface area (Å²) in [5.41, 5.74) is 15.0. The Kier molecular flexibility index (Phi) is 10.5. The van der Waals surface area contributed by atoms with E-state index < -0.39 is 0 Å². The molecule has 8 aromatic carbocycles. The van der Waals surface area contributed by atoms with Gasteiger partial charge >= 0.3 is 0 Å². The molecule has 0 spiro atoms. The van der Waals surface area contributed by atoms with E-state index in [1.54, 1.807) is 12.7 Å². The highest BCUT2D eigenvalue weighted by molar-refractivity contribution is 5.81. The Hall–Kier alpha value is -8.22. The monoisotopic (exact) mass is 810 g/mol. The lowest BCUT2D eigenvalue weighted by atomic mass is 9.72. The normalized spacial score (nSPS) is 11.3. The molecule has 0 saturated heterocycles. The Balaban J connectivity index is 0.962. The number of nitrogens with zero attached hydrogens (tertiary/aromatic N) is 6. The minimum atomic E-state index is -0.358. The molecule has 0 atom stereocenters. The van der Waals surface area contributed by atoms with Gasteiger partial charge in [0.05, 0.1) is 0 Å². The average molecular weight is 811 g/mol. The minimum absolute atomic E-state index is 0.358. The van der Waals surface area contributed by atoms with Crippen LogP contribution < -0.4 is 0 Å². The predicted molar refractivity (Wildman–Crippen MR) is 255 cm³/mol. The molecule has 6 nitrogen and oxygen atoms in total. The molecule has 6 heteroatoms. The molecule has 10 aromatic rings. The summed E-state index contributed by atoms with van der Waals surface area (Å²) in [6.07, 6.45) is 3.18. The molecule has 0 aliphatic rings. The maximum atomic E-state index is 4.83. The van der Waals surface area contributed by atoms with Gasteiger partial charge in [0, 0.05) is 27.7 Å². The number of hydrogen-bond donors (Lipinski definition) is 0. The summed E-state index contributed by atoms with van der Waals surface area (Å²) in [5, 5.41) is 0. The lowest BCUT2D eigenvalue weighted by molar-refractivity contribution is 0.644. The van der Waals surface area contributed by atoms with E-state index in [0.29, 0.717) is 23.3 Å². The molecule has 0 unspecified atom stereocenters. The second-order valence-electron chi connectivity index (χ2n) is 16.0. The van der Waals surface area contributed by atoms with Crippen molar-refractivity contribution in [2.24, 2.45) is 0 Å². The van der Waals surface area contributed by atoms with Crippen LogP contribution in [-0.4, -0.2) is 29.9 Å². The van der Waals surface area contributed by atoms with Crippen molar-refractivity contribution in [1.29, 1.82) is 0 Å². The SMILES string of the molecule is CC(C)(c1ccccc1-c1cccc(-c2cccc(-c3ncnc(-c4ccccc4)n3)c2)c1)c1ccccc1-c1cccc(-c2cccc(-c3ncnc(-c4ccccc4)n3)c2)c1. The average Bonchev–Trinajstić information content (AvgIpc) is 3.37. The van der Waals surface area contributed by atoms with E-state index >= 15 is 0 Å². The highest BCUT2D eigenvalue weighted by Gasteiger charge is 2.29. The zero-order chi connectivity index (χ0) is 42.6. The van der Waals surface area contributed by atoms with Crippen LogP contribution in [0.3, 0.4) is 0 Å². The van der Waals surface area contributed by atoms with Gasteiger partial charge in [-0.15, -0.1) is 0 Å². The van der Waals surface area contributed by atoms with Crippen LogP contribution in [0, 0.1) is 0 Å². The fraction of sp³-hybridized carbons (Fsp3) is 0.0526. The van der Waals surface area contributed by atoms with Crippen molar-refractivity contribution < 1.29 is 0 Å². The van der Waals surface area contributed by atoms with Crippen molar-refractivity contribution in [2.75, 3.05) is 0 Å². The second-order valence-corrected chi connectivity index (χ2v) is 16.0. The summed E-state index contributed by atoms with van der Waals surface area (Å²) in [4.78, 5) is 27.6. The zero-order valence-corrected chi connectivity index (χ0v) is 35.0. The molecule has 10 rings (SSSR count). The Morgan fingerprint density at radius 1 is 0.270 bits per heavy atom. The van der Waals surface area contributed by atoms with Gasteiger partial charge in [0.25, 0.3) is 0 Å². The molecule has 0 fully saturated rings. The van der Waals surface area contributed by atoms with Gasteiger partial charge in [-0.3, -0.25) is 0 Å². The third-order valence-electron chi connectivity index (χ3n) is 11.7. The van der Waals surface area contributed by atoms with Crippen molar-refractivity contribution >= 4 is 0 Å². The number of aromatic nitrogens is 6. The summed E-state index contributed by atoms with van der Waals surface area (Å²) >= 11 is 0. The maximum Gasteiger partial charge on any atom is 0.163 e. The van der Waals surface area contributed by atoms with Crippen LogP contribution >= 0.6 is 0 Å². The highest BCUT2D eigenvalue weighted by Crippen LogP contribution is 2.43. The fourth-order valence-electron chi connectivity index (χ4n) is 8.44. The van der Waals surface area contributed by atoms with Gasteiger partial charge in [0.2, 0.25) is 0 Å². The lowest BCUT2D eigenvalue weighted by Crippen LogP contribution is -2.21. The third-order valence-corrected chi connectivity index (χ3v) is 11.7. The van der Waals surface area contributed by atoms with E-state index in [0.717, 1.165) is 55.6 Å². The van der Waals surface area contributed by atoms with Crippen molar-refractivity contribution in [3.05, 3.63) is 230 Å². The Bertz CT molecular complexity index is 3000. The molecular weight excluding hydrogens is 769 g/mol. The Labute approximate surface area is 367 Å². The van der Waals surface area contributed by atoms with Gasteiger partial charge in [-0.1, -0.05) is 196 Å². The first-order valence-electron chi connectivity index (χ1n) is 21.1. The second kappa shape index (κ2) is 17.0. The molecule has 0 aliphatic heterocycles. The van der Waals surface area contributed by atoms with Crippen LogP contribution in [0.4, 0.5) is 0 Å². The van der Waals surface area contributed by atoms with Crippen LogP contribution in [-0.2, 0) is 5.41 Å². The van der Waals surface area contributed by atoms with E-state index in [-0.39, 0.29) is 5.41 Å². The molecule has 0 N–H and O–H groups in total. The molecular formula is C57H42N6. The molecule has 2 heterocycles. The standard InChI is InChI=1S/C57H42N6/c1-57(2,51-31-11-9-29-49(51)45-25-13-21-41(33-45)43-23-15-27-47(35-43)55-60-37-58-53(62-55)39-17-5-3-6-18-39)52-32-12-10-30-50(52)46-26-14-22-42(34-46)44-24-16-28-48(36-44)56-61-38-59-54(63-56)40-19-7-4-8-20-40/h3-38H,1-2H3. The largest absolute Gasteiger partial charge is 0.217 e. The summed E-state index contributed by atoms with van der Waals surface area (Å²) in [5.74, 6) is 2.59. The van der Waals surface area contributed by atoms with E-state index in [4.69, 9.17) is 9.97 Å². The Morgan fingerprint density at radius 2 is 0.556 bits per heavy atom. The first-order chi connectivity index (χ1) is 31.0. The van der Waals surface area contributed by atoms with Gasteiger partial charge in [-0.05, 0) is 79.9 Å². The number of hydrogen-bond acceptors (Lipinski definition) is 6. The van der Waals surface area contributed by atoms with E-state index in [1.165, 1.54) is 22.3 Å². The van der Waals surface area contributed by atoms with E-state index in [2.05, 4.69) is 179 Å². The van der Waals surface area contributed by atoms with E-state index in [1.807, 2.05) is 60.7 Å². The number of benzene rings is 8. The Morgan fingerprint density at radius 3 is 0.952 bits per heavy atom. The number of rotatable bonds is 10. The molecule has 0 radical (unpaired) electrons. The minimum Gasteiger partial charge on any atom is -0.217 e. The first kappa shape index (κ1) is 38.9. The van der Waals surface area contributed by atoms with E-state index in [9.17, 15) is 0 Å². The molecule has 0 aliphatic carbocycles. The molecule has 0 bridgehead atoms. The summed E-state index contributed by atoms with van der Waals surface area (Å²) in [6.45, 7) is 4.67. The third kappa shape index (κ3) is 8.06. The van der Waals surface area contributed by atoms with Gasteiger partial charge < -0.3 is 0 Å². The van der Waals surface area contributed by atoms with Gasteiger partial charge in [-0.2, -0.15) is 0 Å². The molecule has 2 aromatic heterocycles. The van der Waals surface area contributed by atoms with Crippen LogP contribution in [0.15, 0.2) is 219 Å². The van der Waals surface area contributed by atoms with Crippen LogP contribution in [0.2, 0.25) is 0 Å². The summed E-state index contributed by atoms with van der Waals surface area (Å²) in [6, 6.07) is 72.1. The van der Waals surface area contributed by atoms with Crippen LogP contribution in [0.5, 0.6) is 0 Å². The molecule has 0 saturated carbocycles. The van der Waals surface area contributed by atoms with Gasteiger partial charge in [-0.25, -0.2) is 29.9 Å². The molecule has 0 amide bonds. The zero-order valence-electron chi connectivity index (χ0n) is 35.0. The molecule has 300 valence electrons. The van der Waals surface area contributed by atoms with Crippen molar-refractivity contribution in [1.82, 2.24) is 29.9 Å². The molecule has 63 heavy (non-hydrogen) atoms. The van der Waals surface area contributed by atoms with Crippen molar-refractivity contribution in [2.45, 2.75) is 19.3 Å². The highest BCUT2D eigenvalue weighted by atomic mass is 15.0. The quantitative estimate of drug-likeness (QED) is 0.137. The smallest absolute Gasteiger partial charge is 0.163 e. The van der Waals surface area contributed by atoms with Crippen molar-refractivity contribution in [3.8, 4) is 90.1 Å². The van der Waals surface area contributed by atoms with Gasteiger partial charge in [0.1, 0.15) is 12.7 Å². The summed E-state index contributed by atoms with van der Waals surface area (Å²) < 4.78 is 0. The lowest BCUT2D eigenvalue weighted by Gasteiger charge is -2.31. The van der Waals surface area contributed by atoms with Crippen LogP contribution in [0.1, 0.15) is 25.0 Å². The maximum absolute atomic E-state index is 4.83. The summed E-state index contributed by atoms with van der Waals surface area (Å²) in [7, 11) is 0.